The summed E-state index contributed by atoms with van der Waals surface area (Å²) in [6.07, 6.45) is 0.541. The van der Waals surface area contributed by atoms with Crippen LogP contribution >= 0.6 is 15.9 Å². The maximum atomic E-state index is 9.85. The van der Waals surface area contributed by atoms with Crippen LogP contribution in [0.1, 0.15) is 16.7 Å². The first kappa shape index (κ1) is 13.2. The standard InChI is InChI=1S/C16H12BrNO2/c17-15-11(9-18)6-7-14-13(15)8-16(10-19,20-14)12-4-2-1-3-5-12/h1-7,19H,8,10H2/t16-/m1/s1. The van der Waals surface area contributed by atoms with Crippen LogP contribution in [0, 0.1) is 11.3 Å². The molecule has 1 aliphatic rings. The van der Waals surface area contributed by atoms with Crippen molar-refractivity contribution in [1.82, 2.24) is 0 Å². The summed E-state index contributed by atoms with van der Waals surface area (Å²) in [6, 6.07) is 15.3. The molecule has 1 heterocycles. The SMILES string of the molecule is N#Cc1ccc2c(c1Br)C[C@@](CO)(c1ccccc1)O2. The average Bonchev–Trinajstić information content (AvgIpc) is 2.90. The lowest BCUT2D eigenvalue weighted by Gasteiger charge is -2.27. The van der Waals surface area contributed by atoms with Gasteiger partial charge in [0.25, 0.3) is 0 Å². The number of nitriles is 1. The first-order valence-electron chi connectivity index (χ1n) is 6.27. The van der Waals surface area contributed by atoms with E-state index in [0.717, 1.165) is 15.6 Å². The first-order chi connectivity index (χ1) is 9.70. The van der Waals surface area contributed by atoms with Gasteiger partial charge in [0, 0.05) is 16.5 Å². The molecule has 3 rings (SSSR count). The lowest BCUT2D eigenvalue weighted by atomic mass is 9.89. The molecule has 0 aliphatic carbocycles. The maximum absolute atomic E-state index is 9.85. The van der Waals surface area contributed by atoms with Gasteiger partial charge in [-0.1, -0.05) is 30.3 Å². The van der Waals surface area contributed by atoms with E-state index in [1.165, 1.54) is 0 Å². The summed E-state index contributed by atoms with van der Waals surface area (Å²) in [4.78, 5) is 0. The van der Waals surface area contributed by atoms with E-state index in [-0.39, 0.29) is 6.61 Å². The summed E-state index contributed by atoms with van der Waals surface area (Å²) in [5.41, 5.74) is 1.68. The summed E-state index contributed by atoms with van der Waals surface area (Å²) < 4.78 is 6.77. The van der Waals surface area contributed by atoms with Crippen molar-refractivity contribution in [2.45, 2.75) is 12.0 Å². The Bertz CT molecular complexity index is 694. The van der Waals surface area contributed by atoms with Crippen molar-refractivity contribution in [2.75, 3.05) is 6.61 Å². The van der Waals surface area contributed by atoms with Crippen LogP contribution in [0.15, 0.2) is 46.9 Å². The fourth-order valence-electron chi connectivity index (χ4n) is 2.56. The van der Waals surface area contributed by atoms with Gasteiger partial charge in [-0.05, 0) is 33.6 Å². The molecule has 2 aromatic carbocycles. The summed E-state index contributed by atoms with van der Waals surface area (Å²) in [7, 11) is 0. The molecule has 0 fully saturated rings. The van der Waals surface area contributed by atoms with E-state index in [0.29, 0.717) is 17.7 Å². The van der Waals surface area contributed by atoms with Crippen molar-refractivity contribution in [3.05, 3.63) is 63.6 Å². The minimum absolute atomic E-state index is 0.111. The summed E-state index contributed by atoms with van der Waals surface area (Å²) in [5.74, 6) is 0.716. The van der Waals surface area contributed by atoms with Crippen molar-refractivity contribution < 1.29 is 9.84 Å². The van der Waals surface area contributed by atoms with E-state index in [1.54, 1.807) is 12.1 Å². The Labute approximate surface area is 125 Å². The number of hydrogen-bond acceptors (Lipinski definition) is 3. The molecule has 2 aromatic rings. The molecule has 1 aliphatic heterocycles. The van der Waals surface area contributed by atoms with Gasteiger partial charge in [-0.2, -0.15) is 5.26 Å². The van der Waals surface area contributed by atoms with Crippen LogP contribution < -0.4 is 4.74 Å². The summed E-state index contributed by atoms with van der Waals surface area (Å²) >= 11 is 3.46. The zero-order valence-electron chi connectivity index (χ0n) is 10.6. The van der Waals surface area contributed by atoms with Crippen molar-refractivity contribution >= 4 is 15.9 Å². The van der Waals surface area contributed by atoms with Gasteiger partial charge in [-0.15, -0.1) is 0 Å². The molecule has 0 saturated heterocycles. The minimum atomic E-state index is -0.764. The second-order valence-electron chi connectivity index (χ2n) is 4.81. The summed E-state index contributed by atoms with van der Waals surface area (Å²) in [5, 5.41) is 18.9. The van der Waals surface area contributed by atoms with Crippen molar-refractivity contribution in [3.8, 4) is 11.8 Å². The second-order valence-corrected chi connectivity index (χ2v) is 5.61. The van der Waals surface area contributed by atoms with Crippen LogP contribution in [-0.2, 0) is 12.0 Å². The number of halogens is 1. The molecule has 0 radical (unpaired) electrons. The monoisotopic (exact) mass is 329 g/mol. The van der Waals surface area contributed by atoms with Gasteiger partial charge in [0.15, 0.2) is 5.60 Å². The molecule has 0 bridgehead atoms. The third-order valence-corrected chi connectivity index (χ3v) is 4.55. The van der Waals surface area contributed by atoms with E-state index in [1.807, 2.05) is 30.3 Å². The molecule has 0 aromatic heterocycles. The fourth-order valence-corrected chi connectivity index (χ4v) is 3.12. The Morgan fingerprint density at radius 3 is 2.65 bits per heavy atom. The lowest BCUT2D eigenvalue weighted by molar-refractivity contribution is 0.0247. The summed E-state index contributed by atoms with van der Waals surface area (Å²) in [6.45, 7) is -0.111. The van der Waals surface area contributed by atoms with E-state index in [9.17, 15) is 5.11 Å². The van der Waals surface area contributed by atoms with Gasteiger partial charge in [0.05, 0.1) is 12.2 Å². The quantitative estimate of drug-likeness (QED) is 0.920. The topological polar surface area (TPSA) is 53.2 Å². The minimum Gasteiger partial charge on any atom is -0.479 e. The van der Waals surface area contributed by atoms with Crippen LogP contribution in [0.2, 0.25) is 0 Å². The van der Waals surface area contributed by atoms with Crippen molar-refractivity contribution in [1.29, 1.82) is 5.26 Å². The van der Waals surface area contributed by atoms with Crippen LogP contribution in [0.3, 0.4) is 0 Å². The molecule has 1 N–H and O–H groups in total. The van der Waals surface area contributed by atoms with Crippen LogP contribution in [-0.4, -0.2) is 11.7 Å². The third-order valence-electron chi connectivity index (χ3n) is 3.64. The Hall–Kier alpha value is -1.83. The van der Waals surface area contributed by atoms with Gasteiger partial charge >= 0.3 is 0 Å². The predicted octanol–water partition coefficient (Wildman–Crippen LogP) is 3.14. The third kappa shape index (κ3) is 1.91. The molecule has 3 nitrogen and oxygen atoms in total. The van der Waals surface area contributed by atoms with Gasteiger partial charge in [-0.25, -0.2) is 0 Å². The molecular formula is C16H12BrNO2. The van der Waals surface area contributed by atoms with Crippen LogP contribution in [0.25, 0.3) is 0 Å². The highest BCUT2D eigenvalue weighted by molar-refractivity contribution is 9.10. The Morgan fingerprint density at radius 2 is 2.00 bits per heavy atom. The molecule has 20 heavy (non-hydrogen) atoms. The van der Waals surface area contributed by atoms with Crippen molar-refractivity contribution in [2.24, 2.45) is 0 Å². The molecule has 100 valence electrons. The highest BCUT2D eigenvalue weighted by Crippen LogP contribution is 2.45. The Balaban J connectivity index is 2.09. The van der Waals surface area contributed by atoms with E-state index in [4.69, 9.17) is 10.00 Å². The largest absolute Gasteiger partial charge is 0.479 e. The number of fused-ring (bicyclic) bond motifs is 1. The Morgan fingerprint density at radius 1 is 1.25 bits per heavy atom. The van der Waals surface area contributed by atoms with Crippen LogP contribution in [0.4, 0.5) is 0 Å². The highest BCUT2D eigenvalue weighted by Gasteiger charge is 2.41. The number of rotatable bonds is 2. The van der Waals surface area contributed by atoms with Gasteiger partial charge < -0.3 is 9.84 Å². The first-order valence-corrected chi connectivity index (χ1v) is 7.06. The predicted molar refractivity (Wildman–Crippen MR) is 78.4 cm³/mol. The van der Waals surface area contributed by atoms with Gasteiger partial charge in [0.1, 0.15) is 11.8 Å². The molecule has 4 heteroatoms. The molecule has 0 unspecified atom stereocenters. The number of aliphatic hydroxyl groups is 1. The molecule has 0 spiro atoms. The lowest BCUT2D eigenvalue weighted by Crippen LogP contribution is -2.35. The average molecular weight is 330 g/mol. The number of aliphatic hydroxyl groups excluding tert-OH is 1. The smallest absolute Gasteiger partial charge is 0.161 e. The number of nitrogens with zero attached hydrogens (tertiary/aromatic N) is 1. The van der Waals surface area contributed by atoms with E-state index >= 15 is 0 Å². The fraction of sp³-hybridized carbons (Fsp3) is 0.188. The highest BCUT2D eigenvalue weighted by atomic mass is 79.9. The Kier molecular flexibility index (Phi) is 3.25. The van der Waals surface area contributed by atoms with E-state index < -0.39 is 5.60 Å². The number of ether oxygens (including phenoxy) is 1. The zero-order chi connectivity index (χ0) is 14.2. The van der Waals surface area contributed by atoms with Gasteiger partial charge in [0.2, 0.25) is 0 Å². The van der Waals surface area contributed by atoms with Crippen molar-refractivity contribution in [3.63, 3.8) is 0 Å². The molecule has 1 atom stereocenters. The molecule has 0 amide bonds. The second kappa shape index (κ2) is 4.93. The molecule has 0 saturated carbocycles. The normalized spacial score (nSPS) is 20.1. The van der Waals surface area contributed by atoms with Gasteiger partial charge in [-0.3, -0.25) is 0 Å². The number of hydrogen-bond donors (Lipinski definition) is 1. The number of benzene rings is 2. The van der Waals surface area contributed by atoms with E-state index in [2.05, 4.69) is 22.0 Å². The van der Waals surface area contributed by atoms with Crippen LogP contribution in [0.5, 0.6) is 5.75 Å². The zero-order valence-corrected chi connectivity index (χ0v) is 12.2. The molecular weight excluding hydrogens is 318 g/mol. The maximum Gasteiger partial charge on any atom is 0.161 e.